The molecule has 1 N–H and O–H groups in total. The minimum atomic E-state index is -0.987. The molecule has 2 radical (unpaired) electrons. The van der Waals surface area contributed by atoms with E-state index in [9.17, 15) is 19.5 Å². The van der Waals surface area contributed by atoms with Crippen LogP contribution in [0.2, 0.25) is 0 Å². The molecule has 1 aliphatic heterocycles. The van der Waals surface area contributed by atoms with Crippen molar-refractivity contribution >= 4 is 31.2 Å². The van der Waals surface area contributed by atoms with E-state index < -0.39 is 36.4 Å². The van der Waals surface area contributed by atoms with Gasteiger partial charge in [-0.1, -0.05) is 29.7 Å². The molecule has 1 amide bonds. The van der Waals surface area contributed by atoms with Crippen molar-refractivity contribution in [1.82, 2.24) is 4.90 Å². The molecule has 8 heteroatoms. The second-order valence-corrected chi connectivity index (χ2v) is 7.19. The summed E-state index contributed by atoms with van der Waals surface area (Å²) in [6.45, 7) is 4.63. The van der Waals surface area contributed by atoms with Crippen LogP contribution in [-0.2, 0) is 14.3 Å². The number of aliphatic hydroxyl groups is 1. The summed E-state index contributed by atoms with van der Waals surface area (Å²) in [5.41, 5.74) is 0.151. The molecule has 26 heavy (non-hydrogen) atoms. The highest BCUT2D eigenvalue weighted by molar-refractivity contribution is 6.32. The fourth-order valence-corrected chi connectivity index (χ4v) is 2.54. The molecular formula is C18H22BNO6. The number of esters is 1. The highest BCUT2D eigenvalue weighted by Crippen LogP contribution is 2.22. The van der Waals surface area contributed by atoms with Gasteiger partial charge in [0, 0.05) is 12.0 Å². The lowest BCUT2D eigenvalue weighted by atomic mass is 9.95. The van der Waals surface area contributed by atoms with Crippen LogP contribution in [0, 0.1) is 0 Å². The number of rotatable bonds is 4. The Morgan fingerprint density at radius 1 is 1.23 bits per heavy atom. The molecule has 138 valence electrons. The molecular weight excluding hydrogens is 337 g/mol. The molecule has 0 aliphatic carbocycles. The van der Waals surface area contributed by atoms with E-state index in [4.69, 9.17) is 17.3 Å². The lowest BCUT2D eigenvalue weighted by molar-refractivity contribution is -0.147. The number of ether oxygens (including phenoxy) is 2. The molecule has 1 saturated heterocycles. The number of amides is 1. The molecule has 0 bridgehead atoms. The Hall–Kier alpha value is -2.35. The number of benzene rings is 1. The van der Waals surface area contributed by atoms with Gasteiger partial charge in [-0.05, 0) is 20.8 Å². The third-order valence-corrected chi connectivity index (χ3v) is 3.76. The predicted octanol–water partition coefficient (Wildman–Crippen LogP) is 0.577. The van der Waals surface area contributed by atoms with Gasteiger partial charge in [0.25, 0.3) is 0 Å². The van der Waals surface area contributed by atoms with Gasteiger partial charge in [-0.2, -0.15) is 0 Å². The fourth-order valence-electron chi connectivity index (χ4n) is 2.54. The van der Waals surface area contributed by atoms with Gasteiger partial charge in [-0.3, -0.25) is 9.69 Å². The number of likely N-dealkylation sites (tertiary alicyclic amines) is 1. The molecule has 0 spiro atoms. The van der Waals surface area contributed by atoms with E-state index in [1.165, 1.54) is 12.1 Å². The number of Topliss-reactive ketones (excluding diaryl/α,β-unsaturated/α-hetero) is 1. The highest BCUT2D eigenvalue weighted by Gasteiger charge is 2.42. The summed E-state index contributed by atoms with van der Waals surface area (Å²) in [5.74, 6) is -1.14. The Kier molecular flexibility index (Phi) is 6.07. The molecule has 0 aromatic heterocycles. The standard InChI is InChI=1S/C18H22BNO6/c1-18(2,3)26-17(24)20-9-13(21)8-14(20)16(23)25-10-15(22)11-4-6-12(19)7-5-11/h4-7,13-14,21H,8-10H2,1-3H3/t13-,14-/m0/s1. The van der Waals surface area contributed by atoms with Crippen LogP contribution in [0.3, 0.4) is 0 Å². The van der Waals surface area contributed by atoms with E-state index in [-0.39, 0.29) is 18.7 Å². The Morgan fingerprint density at radius 3 is 2.42 bits per heavy atom. The summed E-state index contributed by atoms with van der Waals surface area (Å²) in [5, 5.41) is 9.81. The van der Waals surface area contributed by atoms with Crippen molar-refractivity contribution in [2.75, 3.05) is 13.2 Å². The minimum absolute atomic E-state index is 0.0272. The van der Waals surface area contributed by atoms with Crippen LogP contribution < -0.4 is 5.46 Å². The van der Waals surface area contributed by atoms with Gasteiger partial charge in [0.05, 0.1) is 12.6 Å². The number of ketones is 1. The quantitative estimate of drug-likeness (QED) is 0.480. The highest BCUT2D eigenvalue weighted by atomic mass is 16.6. The number of carbonyl (C=O) groups is 3. The molecule has 1 heterocycles. The number of β-amino-alcohol motifs (C(OH)–C–C–N with tert-alkyl or cyclic N) is 1. The van der Waals surface area contributed by atoms with Crippen LogP contribution in [0.15, 0.2) is 24.3 Å². The third kappa shape index (κ3) is 5.32. The SMILES string of the molecule is [B]c1ccc(C(=O)COC(=O)[C@@H]2C[C@H](O)CN2C(=O)OC(C)(C)C)cc1. The number of carbonyl (C=O) groups excluding carboxylic acids is 3. The molecule has 2 rings (SSSR count). The van der Waals surface area contributed by atoms with Crippen LogP contribution in [0.1, 0.15) is 37.6 Å². The first kappa shape index (κ1) is 20.0. The van der Waals surface area contributed by atoms with E-state index in [0.717, 1.165) is 4.90 Å². The number of aliphatic hydroxyl groups excluding tert-OH is 1. The van der Waals surface area contributed by atoms with Crippen molar-refractivity contribution in [3.8, 4) is 0 Å². The van der Waals surface area contributed by atoms with E-state index in [2.05, 4.69) is 0 Å². The molecule has 2 atom stereocenters. The maximum atomic E-state index is 12.3. The smallest absolute Gasteiger partial charge is 0.411 e. The topological polar surface area (TPSA) is 93.1 Å². The van der Waals surface area contributed by atoms with Gasteiger partial charge < -0.3 is 14.6 Å². The van der Waals surface area contributed by atoms with Gasteiger partial charge in [0.15, 0.2) is 12.4 Å². The van der Waals surface area contributed by atoms with Crippen molar-refractivity contribution in [3.05, 3.63) is 29.8 Å². The second kappa shape index (κ2) is 7.91. The van der Waals surface area contributed by atoms with Crippen LogP contribution in [-0.4, -0.2) is 66.6 Å². The Bertz CT molecular complexity index is 682. The molecule has 1 aromatic rings. The normalized spacial score (nSPS) is 19.9. The minimum Gasteiger partial charge on any atom is -0.456 e. The Balaban J connectivity index is 1.97. The number of hydrogen-bond acceptors (Lipinski definition) is 6. The van der Waals surface area contributed by atoms with Crippen LogP contribution in [0.5, 0.6) is 0 Å². The first-order valence-corrected chi connectivity index (χ1v) is 8.30. The van der Waals surface area contributed by atoms with E-state index in [1.807, 2.05) is 0 Å². The molecule has 1 fully saturated rings. The zero-order valence-electron chi connectivity index (χ0n) is 15.1. The lowest BCUT2D eigenvalue weighted by Gasteiger charge is -2.27. The van der Waals surface area contributed by atoms with Gasteiger partial charge in [0.1, 0.15) is 19.5 Å². The fraction of sp³-hybridized carbons (Fsp3) is 0.500. The van der Waals surface area contributed by atoms with Crippen molar-refractivity contribution in [2.24, 2.45) is 0 Å². The maximum absolute atomic E-state index is 12.3. The number of nitrogens with zero attached hydrogens (tertiary/aromatic N) is 1. The van der Waals surface area contributed by atoms with E-state index >= 15 is 0 Å². The third-order valence-electron chi connectivity index (χ3n) is 3.76. The van der Waals surface area contributed by atoms with Crippen molar-refractivity contribution in [1.29, 1.82) is 0 Å². The summed E-state index contributed by atoms with van der Waals surface area (Å²) >= 11 is 0. The summed E-state index contributed by atoms with van der Waals surface area (Å²) in [6.07, 6.45) is -1.53. The summed E-state index contributed by atoms with van der Waals surface area (Å²) in [6, 6.07) is 5.24. The van der Waals surface area contributed by atoms with Gasteiger partial charge in [-0.15, -0.1) is 0 Å². The van der Waals surface area contributed by atoms with E-state index in [0.29, 0.717) is 11.0 Å². The first-order valence-electron chi connectivity index (χ1n) is 8.30. The lowest BCUT2D eigenvalue weighted by Crippen LogP contribution is -2.44. The monoisotopic (exact) mass is 359 g/mol. The summed E-state index contributed by atoms with van der Waals surface area (Å²) in [7, 11) is 5.56. The zero-order chi connectivity index (χ0) is 19.5. The summed E-state index contributed by atoms with van der Waals surface area (Å²) in [4.78, 5) is 37.7. The Labute approximate surface area is 153 Å². The van der Waals surface area contributed by atoms with Crippen molar-refractivity contribution < 1.29 is 29.0 Å². The average Bonchev–Trinajstić information content (AvgIpc) is 2.93. The molecule has 1 aromatic carbocycles. The van der Waals surface area contributed by atoms with Gasteiger partial charge in [0.2, 0.25) is 0 Å². The van der Waals surface area contributed by atoms with Crippen LogP contribution in [0.4, 0.5) is 4.79 Å². The Morgan fingerprint density at radius 2 is 1.85 bits per heavy atom. The van der Waals surface area contributed by atoms with E-state index in [1.54, 1.807) is 32.9 Å². The number of hydrogen-bond donors (Lipinski definition) is 1. The predicted molar refractivity (Wildman–Crippen MR) is 94.5 cm³/mol. The van der Waals surface area contributed by atoms with Gasteiger partial charge >= 0.3 is 12.1 Å². The van der Waals surface area contributed by atoms with Crippen LogP contribution >= 0.6 is 0 Å². The van der Waals surface area contributed by atoms with Gasteiger partial charge in [-0.25, -0.2) is 9.59 Å². The molecule has 0 saturated carbocycles. The molecule has 1 aliphatic rings. The zero-order valence-corrected chi connectivity index (χ0v) is 15.1. The summed E-state index contributed by atoms with van der Waals surface area (Å²) < 4.78 is 10.3. The largest absolute Gasteiger partial charge is 0.456 e. The molecule has 7 nitrogen and oxygen atoms in total. The maximum Gasteiger partial charge on any atom is 0.411 e. The molecule has 0 unspecified atom stereocenters. The van der Waals surface area contributed by atoms with Crippen molar-refractivity contribution in [3.63, 3.8) is 0 Å². The average molecular weight is 359 g/mol. The second-order valence-electron chi connectivity index (χ2n) is 7.19. The van der Waals surface area contributed by atoms with Crippen LogP contribution in [0.25, 0.3) is 0 Å². The van der Waals surface area contributed by atoms with Crippen molar-refractivity contribution in [2.45, 2.75) is 44.9 Å². The first-order chi connectivity index (χ1) is 12.1.